The summed E-state index contributed by atoms with van der Waals surface area (Å²) in [6.45, 7) is 3.82. The van der Waals surface area contributed by atoms with Gasteiger partial charge in [0.25, 0.3) is 10.0 Å². The minimum atomic E-state index is -3.61. The Morgan fingerprint density at radius 2 is 1.74 bits per heavy atom. The highest BCUT2D eigenvalue weighted by Gasteiger charge is 2.15. The van der Waals surface area contributed by atoms with Gasteiger partial charge in [-0.25, -0.2) is 8.42 Å². The van der Waals surface area contributed by atoms with Gasteiger partial charge in [0.05, 0.1) is 10.6 Å². The number of sulfonamides is 1. The van der Waals surface area contributed by atoms with Gasteiger partial charge < -0.3 is 5.73 Å². The molecular formula is C14H16N2O2S. The molecular weight excluding hydrogens is 260 g/mol. The fourth-order valence-electron chi connectivity index (χ4n) is 1.75. The summed E-state index contributed by atoms with van der Waals surface area (Å²) in [5, 5.41) is 0. The van der Waals surface area contributed by atoms with Crippen LogP contribution < -0.4 is 10.5 Å². The molecule has 0 aliphatic rings. The number of benzene rings is 2. The lowest BCUT2D eigenvalue weighted by molar-refractivity contribution is 0.601. The van der Waals surface area contributed by atoms with Crippen molar-refractivity contribution >= 4 is 21.4 Å². The zero-order valence-electron chi connectivity index (χ0n) is 10.8. The molecule has 0 aliphatic heterocycles. The van der Waals surface area contributed by atoms with E-state index in [-0.39, 0.29) is 4.90 Å². The number of rotatable bonds is 3. The van der Waals surface area contributed by atoms with Crippen LogP contribution in [0.3, 0.4) is 0 Å². The minimum absolute atomic E-state index is 0.161. The summed E-state index contributed by atoms with van der Waals surface area (Å²) in [7, 11) is -3.61. The Bertz CT molecular complexity index is 709. The monoisotopic (exact) mass is 276 g/mol. The Hall–Kier alpha value is -2.01. The highest BCUT2D eigenvalue weighted by Crippen LogP contribution is 2.22. The van der Waals surface area contributed by atoms with Crippen molar-refractivity contribution in [3.63, 3.8) is 0 Å². The van der Waals surface area contributed by atoms with Crippen molar-refractivity contribution in [3.05, 3.63) is 53.6 Å². The second-order valence-electron chi connectivity index (χ2n) is 4.43. The summed E-state index contributed by atoms with van der Waals surface area (Å²) in [5.41, 5.74) is 8.56. The molecule has 0 bridgehead atoms. The number of hydrogen-bond donors (Lipinski definition) is 2. The van der Waals surface area contributed by atoms with E-state index in [1.54, 1.807) is 18.2 Å². The molecule has 0 unspecified atom stereocenters. The van der Waals surface area contributed by atoms with Gasteiger partial charge in [-0.2, -0.15) is 0 Å². The quantitative estimate of drug-likeness (QED) is 0.847. The van der Waals surface area contributed by atoms with Crippen molar-refractivity contribution in [2.75, 3.05) is 10.5 Å². The van der Waals surface area contributed by atoms with Crippen LogP contribution >= 0.6 is 0 Å². The van der Waals surface area contributed by atoms with Crippen LogP contribution in [0.25, 0.3) is 0 Å². The number of hydrogen-bond acceptors (Lipinski definition) is 3. The molecule has 0 fully saturated rings. The molecule has 0 heterocycles. The topological polar surface area (TPSA) is 72.2 Å². The Morgan fingerprint density at radius 1 is 1.05 bits per heavy atom. The van der Waals surface area contributed by atoms with Crippen LogP contribution in [-0.2, 0) is 10.0 Å². The highest BCUT2D eigenvalue weighted by molar-refractivity contribution is 7.92. The van der Waals surface area contributed by atoms with Gasteiger partial charge in [-0.05, 0) is 49.2 Å². The first-order valence-electron chi connectivity index (χ1n) is 5.85. The molecule has 3 N–H and O–H groups in total. The normalized spacial score (nSPS) is 11.3. The van der Waals surface area contributed by atoms with Gasteiger partial charge in [-0.3, -0.25) is 4.72 Å². The van der Waals surface area contributed by atoms with Crippen molar-refractivity contribution in [1.82, 2.24) is 0 Å². The highest BCUT2D eigenvalue weighted by atomic mass is 32.2. The largest absolute Gasteiger partial charge is 0.399 e. The molecule has 2 rings (SSSR count). The van der Waals surface area contributed by atoms with Crippen LogP contribution in [0.2, 0.25) is 0 Å². The predicted molar refractivity (Wildman–Crippen MR) is 77.6 cm³/mol. The Kier molecular flexibility index (Phi) is 3.48. The second kappa shape index (κ2) is 4.93. The molecule has 5 heteroatoms. The lowest BCUT2D eigenvalue weighted by Crippen LogP contribution is -2.14. The summed E-state index contributed by atoms with van der Waals surface area (Å²) < 4.78 is 27.1. The third kappa shape index (κ3) is 2.88. The summed E-state index contributed by atoms with van der Waals surface area (Å²) in [6, 6.07) is 11.7. The van der Waals surface area contributed by atoms with Gasteiger partial charge in [-0.1, -0.05) is 18.2 Å². The summed E-state index contributed by atoms with van der Waals surface area (Å²) in [4.78, 5) is 0.161. The number of nitrogens with two attached hydrogens (primary N) is 1. The lowest BCUT2D eigenvalue weighted by atomic mass is 10.1. The zero-order chi connectivity index (χ0) is 14.0. The fraction of sp³-hybridized carbons (Fsp3) is 0.143. The van der Waals surface area contributed by atoms with Gasteiger partial charge in [0.15, 0.2) is 0 Å². The van der Waals surface area contributed by atoms with E-state index < -0.39 is 10.0 Å². The van der Waals surface area contributed by atoms with Crippen LogP contribution in [0, 0.1) is 13.8 Å². The smallest absolute Gasteiger partial charge is 0.261 e. The molecule has 0 saturated heterocycles. The van der Waals surface area contributed by atoms with E-state index in [2.05, 4.69) is 4.72 Å². The average Bonchev–Trinajstić information content (AvgIpc) is 2.35. The number of nitrogens with one attached hydrogen (secondary N) is 1. The molecule has 0 amide bonds. The summed E-state index contributed by atoms with van der Waals surface area (Å²) in [6.07, 6.45) is 0. The summed E-state index contributed by atoms with van der Waals surface area (Å²) in [5.74, 6) is 0. The van der Waals surface area contributed by atoms with Crippen LogP contribution in [0.4, 0.5) is 11.4 Å². The zero-order valence-corrected chi connectivity index (χ0v) is 11.7. The van der Waals surface area contributed by atoms with Gasteiger partial charge in [-0.15, -0.1) is 0 Å². The van der Waals surface area contributed by atoms with E-state index in [4.69, 9.17) is 5.73 Å². The molecule has 2 aromatic rings. The van der Waals surface area contributed by atoms with Gasteiger partial charge in [0.2, 0.25) is 0 Å². The molecule has 0 aromatic heterocycles. The molecule has 2 aromatic carbocycles. The Morgan fingerprint density at radius 3 is 2.42 bits per heavy atom. The van der Waals surface area contributed by atoms with Crippen LogP contribution in [0.1, 0.15) is 11.1 Å². The molecule has 0 radical (unpaired) electrons. The number of nitrogen functional groups attached to an aromatic ring is 1. The Labute approximate surface area is 113 Å². The molecule has 4 nitrogen and oxygen atoms in total. The molecule has 0 spiro atoms. The van der Waals surface area contributed by atoms with Gasteiger partial charge in [0.1, 0.15) is 0 Å². The minimum Gasteiger partial charge on any atom is -0.399 e. The van der Waals surface area contributed by atoms with Crippen LogP contribution in [-0.4, -0.2) is 8.42 Å². The summed E-state index contributed by atoms with van der Waals surface area (Å²) >= 11 is 0. The standard InChI is InChI=1S/C14H16N2O2S/c1-10-5-3-8-14(11(10)2)16-19(17,18)13-7-4-6-12(15)9-13/h3-9,16H,15H2,1-2H3. The third-order valence-electron chi connectivity index (χ3n) is 3.02. The van der Waals surface area contributed by atoms with Crippen molar-refractivity contribution in [2.24, 2.45) is 0 Å². The molecule has 100 valence electrons. The van der Waals surface area contributed by atoms with Gasteiger partial charge >= 0.3 is 0 Å². The molecule has 0 saturated carbocycles. The maximum absolute atomic E-state index is 12.3. The van der Waals surface area contributed by atoms with Crippen LogP contribution in [0.5, 0.6) is 0 Å². The fourth-order valence-corrected chi connectivity index (χ4v) is 2.92. The van der Waals surface area contributed by atoms with E-state index in [1.807, 2.05) is 26.0 Å². The first-order valence-corrected chi connectivity index (χ1v) is 7.33. The van der Waals surface area contributed by atoms with Crippen LogP contribution in [0.15, 0.2) is 47.4 Å². The molecule has 19 heavy (non-hydrogen) atoms. The average molecular weight is 276 g/mol. The maximum Gasteiger partial charge on any atom is 0.261 e. The predicted octanol–water partition coefficient (Wildman–Crippen LogP) is 2.69. The van der Waals surface area contributed by atoms with Crippen molar-refractivity contribution in [2.45, 2.75) is 18.7 Å². The van der Waals surface area contributed by atoms with E-state index >= 15 is 0 Å². The van der Waals surface area contributed by atoms with E-state index in [0.717, 1.165) is 11.1 Å². The lowest BCUT2D eigenvalue weighted by Gasteiger charge is -2.12. The number of anilines is 2. The van der Waals surface area contributed by atoms with E-state index in [9.17, 15) is 8.42 Å². The SMILES string of the molecule is Cc1cccc(NS(=O)(=O)c2cccc(N)c2)c1C. The number of aryl methyl sites for hydroxylation is 1. The Balaban J connectivity index is 2.39. The third-order valence-corrected chi connectivity index (χ3v) is 4.38. The first-order chi connectivity index (χ1) is 8.90. The first kappa shape index (κ1) is 13.4. The van der Waals surface area contributed by atoms with Crippen molar-refractivity contribution in [1.29, 1.82) is 0 Å². The van der Waals surface area contributed by atoms with E-state index in [1.165, 1.54) is 12.1 Å². The maximum atomic E-state index is 12.3. The molecule has 0 aliphatic carbocycles. The molecule has 0 atom stereocenters. The second-order valence-corrected chi connectivity index (χ2v) is 6.11. The van der Waals surface area contributed by atoms with Gasteiger partial charge in [0, 0.05) is 5.69 Å². The van der Waals surface area contributed by atoms with Crippen molar-refractivity contribution < 1.29 is 8.42 Å². The van der Waals surface area contributed by atoms with E-state index in [0.29, 0.717) is 11.4 Å². The van der Waals surface area contributed by atoms with Crippen molar-refractivity contribution in [3.8, 4) is 0 Å².